The number of carbonyl (C=O) groups is 1. The van der Waals surface area contributed by atoms with Crippen molar-refractivity contribution in [2.24, 2.45) is 0 Å². The molecule has 1 aromatic heterocycles. The van der Waals surface area contributed by atoms with Crippen LogP contribution in [0.4, 0.5) is 0 Å². The predicted octanol–water partition coefficient (Wildman–Crippen LogP) is 3.60. The molecule has 1 heterocycles. The molecule has 19 heavy (non-hydrogen) atoms. The third-order valence-electron chi connectivity index (χ3n) is 3.01. The summed E-state index contributed by atoms with van der Waals surface area (Å²) >= 11 is 0. The summed E-state index contributed by atoms with van der Waals surface area (Å²) in [5.41, 5.74) is 3.01. The highest BCUT2D eigenvalue weighted by Crippen LogP contribution is 2.21. The Bertz CT molecular complexity index is 751. The summed E-state index contributed by atoms with van der Waals surface area (Å²) in [6.07, 6.45) is 0. The van der Waals surface area contributed by atoms with Crippen molar-refractivity contribution in [1.82, 2.24) is 4.98 Å². The first-order valence-electron chi connectivity index (χ1n) is 5.93. The highest BCUT2D eigenvalue weighted by molar-refractivity contribution is 5.93. The van der Waals surface area contributed by atoms with E-state index < -0.39 is 5.97 Å². The third kappa shape index (κ3) is 2.18. The second kappa shape index (κ2) is 4.53. The normalized spacial score (nSPS) is 10.5. The van der Waals surface area contributed by atoms with Gasteiger partial charge in [0.25, 0.3) is 0 Å². The van der Waals surface area contributed by atoms with Gasteiger partial charge in [-0.2, -0.15) is 0 Å². The van der Waals surface area contributed by atoms with Gasteiger partial charge >= 0.3 is 5.97 Å². The third-order valence-corrected chi connectivity index (χ3v) is 3.01. The van der Waals surface area contributed by atoms with Crippen LogP contribution in [-0.2, 0) is 0 Å². The molecule has 1 N–H and O–H groups in total. The zero-order valence-corrected chi connectivity index (χ0v) is 10.1. The topological polar surface area (TPSA) is 50.2 Å². The van der Waals surface area contributed by atoms with Crippen molar-refractivity contribution >= 4 is 16.9 Å². The summed E-state index contributed by atoms with van der Waals surface area (Å²) in [5, 5.41) is 9.79. The Morgan fingerprint density at radius 2 is 1.74 bits per heavy atom. The van der Waals surface area contributed by atoms with Gasteiger partial charge in [0, 0.05) is 10.9 Å². The van der Waals surface area contributed by atoms with Crippen molar-refractivity contribution < 1.29 is 9.90 Å². The van der Waals surface area contributed by atoms with Crippen LogP contribution in [0.25, 0.3) is 22.2 Å². The molecule has 3 rings (SSSR count). The number of aromatic nitrogens is 1. The Labute approximate surface area is 110 Å². The number of carboxylic acid groups (broad SMARTS) is 1. The minimum atomic E-state index is -0.922. The number of carboxylic acids is 1. The Morgan fingerprint density at radius 1 is 0.947 bits per heavy atom. The first-order valence-corrected chi connectivity index (χ1v) is 5.93. The predicted molar refractivity (Wildman–Crippen MR) is 74.1 cm³/mol. The maximum atomic E-state index is 10.9. The molecule has 0 aliphatic rings. The van der Waals surface area contributed by atoms with Gasteiger partial charge in [-0.05, 0) is 24.3 Å². The van der Waals surface area contributed by atoms with Crippen LogP contribution in [0, 0.1) is 0 Å². The Hall–Kier alpha value is -2.68. The number of rotatable bonds is 2. The summed E-state index contributed by atoms with van der Waals surface area (Å²) in [4.78, 5) is 15.5. The number of aromatic carboxylic acids is 1. The Kier molecular flexibility index (Phi) is 2.72. The van der Waals surface area contributed by atoms with Crippen LogP contribution in [-0.4, -0.2) is 16.1 Å². The molecule has 0 spiro atoms. The van der Waals surface area contributed by atoms with Crippen LogP contribution in [0.1, 0.15) is 10.4 Å². The largest absolute Gasteiger partial charge is 0.478 e. The van der Waals surface area contributed by atoms with Gasteiger partial charge in [-0.3, -0.25) is 0 Å². The second-order valence-electron chi connectivity index (χ2n) is 4.28. The highest BCUT2D eigenvalue weighted by Gasteiger charge is 2.05. The minimum Gasteiger partial charge on any atom is -0.478 e. The lowest BCUT2D eigenvalue weighted by atomic mass is 10.1. The quantitative estimate of drug-likeness (QED) is 0.754. The van der Waals surface area contributed by atoms with E-state index in [2.05, 4.69) is 4.98 Å². The van der Waals surface area contributed by atoms with Gasteiger partial charge in [0.2, 0.25) is 0 Å². The van der Waals surface area contributed by atoms with Gasteiger partial charge in [0.15, 0.2) is 0 Å². The van der Waals surface area contributed by atoms with E-state index in [0.717, 1.165) is 22.2 Å². The average Bonchev–Trinajstić information content (AvgIpc) is 2.47. The zero-order valence-electron chi connectivity index (χ0n) is 10.1. The van der Waals surface area contributed by atoms with Crippen LogP contribution in [0.2, 0.25) is 0 Å². The summed E-state index contributed by atoms with van der Waals surface area (Å²) < 4.78 is 0. The molecule has 0 aliphatic carbocycles. The number of fused-ring (bicyclic) bond motifs is 1. The molecule has 3 nitrogen and oxygen atoms in total. The van der Waals surface area contributed by atoms with Gasteiger partial charge < -0.3 is 5.11 Å². The van der Waals surface area contributed by atoms with E-state index in [1.54, 1.807) is 18.2 Å². The lowest BCUT2D eigenvalue weighted by Crippen LogP contribution is -1.96. The van der Waals surface area contributed by atoms with E-state index in [-0.39, 0.29) is 5.56 Å². The average molecular weight is 249 g/mol. The minimum absolute atomic E-state index is 0.279. The number of hydrogen-bond acceptors (Lipinski definition) is 2. The lowest BCUT2D eigenvalue weighted by Gasteiger charge is -2.04. The molecule has 0 atom stereocenters. The number of hydrogen-bond donors (Lipinski definition) is 1. The molecule has 0 aliphatic heterocycles. The first kappa shape index (κ1) is 11.4. The molecule has 0 saturated carbocycles. The van der Waals surface area contributed by atoms with E-state index in [0.29, 0.717) is 0 Å². The van der Waals surface area contributed by atoms with Gasteiger partial charge in [0.1, 0.15) is 0 Å². The maximum absolute atomic E-state index is 10.9. The fourth-order valence-corrected chi connectivity index (χ4v) is 2.03. The fourth-order valence-electron chi connectivity index (χ4n) is 2.03. The van der Waals surface area contributed by atoms with Crippen LogP contribution >= 0.6 is 0 Å². The Morgan fingerprint density at radius 3 is 2.47 bits per heavy atom. The maximum Gasteiger partial charge on any atom is 0.335 e. The van der Waals surface area contributed by atoms with Gasteiger partial charge in [0.05, 0.1) is 16.8 Å². The SMILES string of the molecule is O=C(O)c1ccc2nc(-c3ccccc3)ccc2c1. The van der Waals surface area contributed by atoms with Crippen LogP contribution in [0.5, 0.6) is 0 Å². The van der Waals surface area contributed by atoms with E-state index in [1.807, 2.05) is 42.5 Å². The summed E-state index contributed by atoms with van der Waals surface area (Å²) in [5.74, 6) is -0.922. The molecule has 0 radical (unpaired) electrons. The van der Waals surface area contributed by atoms with Crippen LogP contribution in [0.15, 0.2) is 60.7 Å². The zero-order chi connectivity index (χ0) is 13.2. The van der Waals surface area contributed by atoms with Crippen molar-refractivity contribution in [3.63, 3.8) is 0 Å². The van der Waals surface area contributed by atoms with E-state index >= 15 is 0 Å². The van der Waals surface area contributed by atoms with E-state index in [9.17, 15) is 4.79 Å². The molecule has 0 fully saturated rings. The van der Waals surface area contributed by atoms with E-state index in [1.165, 1.54) is 0 Å². The van der Waals surface area contributed by atoms with Crippen molar-refractivity contribution in [2.75, 3.05) is 0 Å². The standard InChI is InChI=1S/C16H11NO2/c18-16(19)13-7-9-15-12(10-13)6-8-14(17-15)11-4-2-1-3-5-11/h1-10H,(H,18,19). The second-order valence-corrected chi connectivity index (χ2v) is 4.28. The highest BCUT2D eigenvalue weighted by atomic mass is 16.4. The molecule has 0 unspecified atom stereocenters. The van der Waals surface area contributed by atoms with Crippen LogP contribution < -0.4 is 0 Å². The molecule has 0 saturated heterocycles. The number of pyridine rings is 1. The first-order chi connectivity index (χ1) is 9.24. The Balaban J connectivity index is 2.12. The fraction of sp³-hybridized carbons (Fsp3) is 0. The van der Waals surface area contributed by atoms with Crippen molar-refractivity contribution in [1.29, 1.82) is 0 Å². The molecule has 3 aromatic rings. The molecule has 92 valence electrons. The van der Waals surface area contributed by atoms with Gasteiger partial charge in [-0.1, -0.05) is 36.4 Å². The number of nitrogens with zero attached hydrogens (tertiary/aromatic N) is 1. The molecule has 3 heteroatoms. The van der Waals surface area contributed by atoms with Gasteiger partial charge in [-0.25, -0.2) is 9.78 Å². The molecule has 0 bridgehead atoms. The van der Waals surface area contributed by atoms with Crippen molar-refractivity contribution in [2.45, 2.75) is 0 Å². The molecule has 0 amide bonds. The van der Waals surface area contributed by atoms with E-state index in [4.69, 9.17) is 5.11 Å². The van der Waals surface area contributed by atoms with Gasteiger partial charge in [-0.15, -0.1) is 0 Å². The van der Waals surface area contributed by atoms with Crippen molar-refractivity contribution in [3.8, 4) is 11.3 Å². The number of benzene rings is 2. The summed E-state index contributed by atoms with van der Waals surface area (Å²) in [7, 11) is 0. The molecule has 2 aromatic carbocycles. The molecular formula is C16H11NO2. The smallest absolute Gasteiger partial charge is 0.335 e. The van der Waals surface area contributed by atoms with Crippen molar-refractivity contribution in [3.05, 3.63) is 66.2 Å². The summed E-state index contributed by atoms with van der Waals surface area (Å²) in [6, 6.07) is 18.7. The van der Waals surface area contributed by atoms with Crippen LogP contribution in [0.3, 0.4) is 0 Å². The lowest BCUT2D eigenvalue weighted by molar-refractivity contribution is 0.0697. The summed E-state index contributed by atoms with van der Waals surface area (Å²) in [6.45, 7) is 0. The monoisotopic (exact) mass is 249 g/mol. The molecular weight excluding hydrogens is 238 g/mol.